The Morgan fingerprint density at radius 3 is 2.17 bits per heavy atom. The zero-order valence-corrected chi connectivity index (χ0v) is 20.5. The maximum absolute atomic E-state index is 14.5. The molecule has 6 nitrogen and oxygen atoms in total. The first-order valence-corrected chi connectivity index (χ1v) is 10.9. The maximum Gasteiger partial charge on any atom is 0.203 e. The van der Waals surface area contributed by atoms with Crippen molar-refractivity contribution in [2.24, 2.45) is 0 Å². The highest BCUT2D eigenvalue weighted by atomic mass is 35.5. The van der Waals surface area contributed by atoms with Crippen LogP contribution in [0.1, 0.15) is 21.5 Å². The minimum atomic E-state index is -0.526. The van der Waals surface area contributed by atoms with Crippen LogP contribution in [0.3, 0.4) is 0 Å². The van der Waals surface area contributed by atoms with Crippen molar-refractivity contribution in [1.82, 2.24) is 0 Å². The molecule has 0 aliphatic heterocycles. The molecule has 3 rings (SSSR count). The van der Waals surface area contributed by atoms with E-state index in [1.165, 1.54) is 52.8 Å². The van der Waals surface area contributed by atoms with E-state index in [1.807, 2.05) is 0 Å². The number of allylic oxidation sites excluding steroid dienone is 1. The molecule has 0 bridgehead atoms. The molecule has 0 saturated heterocycles. The monoisotopic (exact) mass is 497 g/mol. The third kappa shape index (κ3) is 6.33. The number of hydrogen-bond acceptors (Lipinski definition) is 6. The van der Waals surface area contributed by atoms with Gasteiger partial charge in [0.25, 0.3) is 0 Å². The normalized spacial score (nSPS) is 11.0. The Kier molecular flexibility index (Phi) is 8.75. The van der Waals surface area contributed by atoms with Crippen molar-refractivity contribution in [2.75, 3.05) is 33.8 Å². The third-order valence-electron chi connectivity index (χ3n) is 5.05. The zero-order valence-electron chi connectivity index (χ0n) is 19.7. The molecule has 35 heavy (non-hydrogen) atoms. The maximum atomic E-state index is 14.5. The van der Waals surface area contributed by atoms with E-state index >= 15 is 0 Å². The summed E-state index contributed by atoms with van der Waals surface area (Å²) in [5, 5.41) is 3.50. The van der Waals surface area contributed by atoms with Crippen molar-refractivity contribution in [1.29, 1.82) is 0 Å². The van der Waals surface area contributed by atoms with Crippen molar-refractivity contribution >= 4 is 35.2 Å². The van der Waals surface area contributed by atoms with Gasteiger partial charge in [0.05, 0.1) is 28.4 Å². The average Bonchev–Trinajstić information content (AvgIpc) is 2.87. The number of hydrogen-bond donors (Lipinski definition) is 1. The highest BCUT2D eigenvalue weighted by molar-refractivity contribution is 6.31. The van der Waals surface area contributed by atoms with Gasteiger partial charge in [0.15, 0.2) is 28.8 Å². The van der Waals surface area contributed by atoms with Crippen LogP contribution < -0.4 is 24.3 Å². The highest BCUT2D eigenvalue weighted by Gasteiger charge is 2.13. The SMILES string of the molecule is COc1cc(NC=CC(=O)c2cccc(Cl)c2)c(C=Cc2cc(OC)c(OC)c(OC)c2)cc1F. The van der Waals surface area contributed by atoms with E-state index in [2.05, 4.69) is 5.32 Å². The first-order valence-electron chi connectivity index (χ1n) is 10.5. The molecular formula is C27H25ClFNO5. The first kappa shape index (κ1) is 25.6. The van der Waals surface area contributed by atoms with E-state index in [0.717, 1.165) is 5.56 Å². The Bertz CT molecular complexity index is 1250. The quantitative estimate of drug-likeness (QED) is 0.196. The Labute approximate surface area is 208 Å². The Morgan fingerprint density at radius 2 is 1.57 bits per heavy atom. The van der Waals surface area contributed by atoms with E-state index < -0.39 is 5.82 Å². The van der Waals surface area contributed by atoms with Crippen LogP contribution in [0.25, 0.3) is 12.2 Å². The van der Waals surface area contributed by atoms with Crippen molar-refractivity contribution < 1.29 is 28.1 Å². The lowest BCUT2D eigenvalue weighted by molar-refractivity contribution is 0.104. The van der Waals surface area contributed by atoms with Crippen LogP contribution in [0.15, 0.2) is 60.8 Å². The van der Waals surface area contributed by atoms with Gasteiger partial charge in [0.2, 0.25) is 5.75 Å². The summed E-state index contributed by atoms with van der Waals surface area (Å²) < 4.78 is 35.7. The number of anilines is 1. The van der Waals surface area contributed by atoms with E-state index in [1.54, 1.807) is 48.6 Å². The molecule has 3 aromatic rings. The van der Waals surface area contributed by atoms with Crippen molar-refractivity contribution in [3.8, 4) is 23.0 Å². The van der Waals surface area contributed by atoms with Crippen LogP contribution in [0.4, 0.5) is 10.1 Å². The lowest BCUT2D eigenvalue weighted by Crippen LogP contribution is -1.99. The number of halogens is 2. The van der Waals surface area contributed by atoms with Gasteiger partial charge in [0.1, 0.15) is 0 Å². The van der Waals surface area contributed by atoms with Crippen LogP contribution in [0.2, 0.25) is 5.02 Å². The van der Waals surface area contributed by atoms with Gasteiger partial charge in [0, 0.05) is 40.2 Å². The first-order chi connectivity index (χ1) is 16.9. The number of carbonyl (C=O) groups excluding carboxylic acids is 1. The zero-order chi connectivity index (χ0) is 25.4. The number of rotatable bonds is 10. The molecule has 1 N–H and O–H groups in total. The lowest BCUT2D eigenvalue weighted by atomic mass is 10.1. The van der Waals surface area contributed by atoms with E-state index in [0.29, 0.717) is 39.1 Å². The summed E-state index contributed by atoms with van der Waals surface area (Å²) in [4.78, 5) is 12.4. The van der Waals surface area contributed by atoms with Crippen LogP contribution in [-0.2, 0) is 0 Å². The summed E-state index contributed by atoms with van der Waals surface area (Å²) in [6.45, 7) is 0. The highest BCUT2D eigenvalue weighted by Crippen LogP contribution is 2.39. The smallest absolute Gasteiger partial charge is 0.203 e. The second kappa shape index (κ2) is 11.9. The van der Waals surface area contributed by atoms with Gasteiger partial charge < -0.3 is 24.3 Å². The topological polar surface area (TPSA) is 66.0 Å². The molecule has 0 spiro atoms. The number of ether oxygens (including phenoxy) is 4. The molecule has 182 valence electrons. The fraction of sp³-hybridized carbons (Fsp3) is 0.148. The summed E-state index contributed by atoms with van der Waals surface area (Å²) in [6, 6.07) is 13.0. The molecule has 0 aromatic heterocycles. The molecule has 0 aliphatic carbocycles. The number of methoxy groups -OCH3 is 4. The molecule has 0 unspecified atom stereocenters. The number of carbonyl (C=O) groups is 1. The molecule has 8 heteroatoms. The van der Waals surface area contributed by atoms with Crippen molar-refractivity contribution in [3.63, 3.8) is 0 Å². The average molecular weight is 498 g/mol. The molecule has 0 fully saturated rings. The number of benzene rings is 3. The van der Waals surface area contributed by atoms with Crippen LogP contribution in [-0.4, -0.2) is 34.2 Å². The van der Waals surface area contributed by atoms with Crippen molar-refractivity contribution in [2.45, 2.75) is 0 Å². The van der Waals surface area contributed by atoms with Crippen LogP contribution in [0, 0.1) is 5.82 Å². The van der Waals surface area contributed by atoms with Gasteiger partial charge in [-0.25, -0.2) is 4.39 Å². The Balaban J connectivity index is 1.91. The fourth-order valence-corrected chi connectivity index (χ4v) is 3.51. The van der Waals surface area contributed by atoms with Gasteiger partial charge in [-0.15, -0.1) is 0 Å². The fourth-order valence-electron chi connectivity index (χ4n) is 3.32. The largest absolute Gasteiger partial charge is 0.494 e. The molecule has 0 amide bonds. The predicted molar refractivity (Wildman–Crippen MR) is 137 cm³/mol. The number of ketones is 1. The molecule has 0 heterocycles. The second-order valence-electron chi connectivity index (χ2n) is 7.22. The van der Waals surface area contributed by atoms with Gasteiger partial charge >= 0.3 is 0 Å². The van der Waals surface area contributed by atoms with E-state index in [-0.39, 0.29) is 11.5 Å². The standard InChI is InChI=1S/C27H25ClFNO5/c1-32-24-16-22(30-11-10-23(31)19-6-5-7-20(28)14-19)18(15-21(24)29)9-8-17-12-25(33-2)27(35-4)26(13-17)34-3/h5-16,30H,1-4H3. The van der Waals surface area contributed by atoms with E-state index in [9.17, 15) is 9.18 Å². The molecular weight excluding hydrogens is 473 g/mol. The second-order valence-corrected chi connectivity index (χ2v) is 7.65. The van der Waals surface area contributed by atoms with E-state index in [4.69, 9.17) is 30.5 Å². The summed E-state index contributed by atoms with van der Waals surface area (Å²) in [5.74, 6) is 0.762. The summed E-state index contributed by atoms with van der Waals surface area (Å²) in [7, 11) is 5.97. The molecule has 0 saturated carbocycles. The predicted octanol–water partition coefficient (Wildman–Crippen LogP) is 6.49. The molecule has 0 radical (unpaired) electrons. The molecule has 3 aromatic carbocycles. The summed E-state index contributed by atoms with van der Waals surface area (Å²) in [5.41, 5.74) is 2.25. The van der Waals surface area contributed by atoms with Gasteiger partial charge in [-0.05, 0) is 35.9 Å². The summed E-state index contributed by atoms with van der Waals surface area (Å²) in [6.07, 6.45) is 6.34. The molecule has 0 aliphatic rings. The minimum absolute atomic E-state index is 0.0620. The van der Waals surface area contributed by atoms with Gasteiger partial charge in [-0.3, -0.25) is 4.79 Å². The minimum Gasteiger partial charge on any atom is -0.494 e. The summed E-state index contributed by atoms with van der Waals surface area (Å²) >= 11 is 5.96. The van der Waals surface area contributed by atoms with Crippen LogP contribution in [0.5, 0.6) is 23.0 Å². The number of nitrogens with one attached hydrogen (secondary N) is 1. The Hall–Kier alpha value is -3.97. The van der Waals surface area contributed by atoms with Crippen molar-refractivity contribution in [3.05, 3.63) is 88.3 Å². The van der Waals surface area contributed by atoms with Crippen LogP contribution >= 0.6 is 11.6 Å². The Morgan fingerprint density at radius 1 is 0.886 bits per heavy atom. The lowest BCUT2D eigenvalue weighted by Gasteiger charge is -2.13. The molecule has 0 atom stereocenters. The van der Waals surface area contributed by atoms with Gasteiger partial charge in [-0.2, -0.15) is 0 Å². The third-order valence-corrected chi connectivity index (χ3v) is 5.28. The van der Waals surface area contributed by atoms with Gasteiger partial charge in [-0.1, -0.05) is 35.9 Å².